The second kappa shape index (κ2) is 6.99. The van der Waals surface area contributed by atoms with Gasteiger partial charge in [0.25, 0.3) is 0 Å². The van der Waals surface area contributed by atoms with Crippen molar-refractivity contribution < 1.29 is 24.3 Å². The van der Waals surface area contributed by atoms with E-state index in [2.05, 4.69) is 0 Å². The number of Topliss-reactive ketones (excluding diaryl/α,β-unsaturated/α-hetero) is 2. The van der Waals surface area contributed by atoms with Crippen LogP contribution in [-0.4, -0.2) is 33.5 Å². The quantitative estimate of drug-likeness (QED) is 0.494. The summed E-state index contributed by atoms with van der Waals surface area (Å²) in [6.07, 6.45) is -1.13. The highest BCUT2D eigenvalue weighted by Crippen LogP contribution is 2.19. The summed E-state index contributed by atoms with van der Waals surface area (Å²) in [7, 11) is 0. The Morgan fingerprint density at radius 1 is 1.24 bits per heavy atom. The molecule has 0 aliphatic carbocycles. The molecule has 1 rings (SSSR count). The molecule has 0 saturated heterocycles. The van der Waals surface area contributed by atoms with Crippen molar-refractivity contribution in [2.24, 2.45) is 0 Å². The van der Waals surface area contributed by atoms with E-state index in [1.54, 1.807) is 31.2 Å². The molecule has 0 fully saturated rings. The lowest BCUT2D eigenvalue weighted by Gasteiger charge is -2.31. The van der Waals surface area contributed by atoms with Gasteiger partial charge >= 0.3 is 6.09 Å². The maximum absolute atomic E-state index is 11.9. The summed E-state index contributed by atoms with van der Waals surface area (Å²) in [5.41, 5.74) is -1.20. The molecule has 6 heteroatoms. The number of rotatable bonds is 6. The lowest BCUT2D eigenvalue weighted by Crippen LogP contribution is -2.58. The normalized spacial score (nSPS) is 13.1. The van der Waals surface area contributed by atoms with Crippen molar-refractivity contribution in [3.8, 4) is 0 Å². The van der Waals surface area contributed by atoms with E-state index in [4.69, 9.17) is 4.74 Å². The van der Waals surface area contributed by atoms with Gasteiger partial charge in [-0.3, -0.25) is 14.8 Å². The number of hydroxylamine groups is 2. The summed E-state index contributed by atoms with van der Waals surface area (Å²) >= 11 is 0. The molecule has 21 heavy (non-hydrogen) atoms. The van der Waals surface area contributed by atoms with Gasteiger partial charge in [-0.1, -0.05) is 37.3 Å². The minimum absolute atomic E-state index is 0.0130. The monoisotopic (exact) mass is 293 g/mol. The summed E-state index contributed by atoms with van der Waals surface area (Å²) in [6, 6.07) is 8.86. The molecule has 0 aromatic heterocycles. The zero-order chi connectivity index (χ0) is 16.0. The molecule has 0 bridgehead atoms. The summed E-state index contributed by atoms with van der Waals surface area (Å²) in [5.74, 6) is -1.19. The predicted molar refractivity (Wildman–Crippen MR) is 74.6 cm³/mol. The molecule has 0 unspecified atom stereocenters. The number of hydrogen-bond donors (Lipinski definition) is 1. The molecule has 1 aromatic carbocycles. The Morgan fingerprint density at radius 3 is 2.29 bits per heavy atom. The average Bonchev–Trinajstić information content (AvgIpc) is 2.50. The van der Waals surface area contributed by atoms with E-state index in [0.717, 1.165) is 12.5 Å². The number of hydrogen-bond acceptors (Lipinski definition) is 5. The van der Waals surface area contributed by atoms with Crippen molar-refractivity contribution in [3.63, 3.8) is 0 Å². The van der Waals surface area contributed by atoms with E-state index in [1.807, 2.05) is 6.07 Å². The highest BCUT2D eigenvalue weighted by molar-refractivity contribution is 6.11. The number of benzene rings is 1. The van der Waals surface area contributed by atoms with Crippen LogP contribution in [0.25, 0.3) is 0 Å². The van der Waals surface area contributed by atoms with Gasteiger partial charge in [0.2, 0.25) is 0 Å². The van der Waals surface area contributed by atoms with Gasteiger partial charge in [0, 0.05) is 6.42 Å². The Bertz CT molecular complexity index is 528. The molecule has 0 heterocycles. The van der Waals surface area contributed by atoms with E-state index in [1.165, 1.54) is 6.92 Å². The van der Waals surface area contributed by atoms with Crippen LogP contribution in [0.1, 0.15) is 32.8 Å². The zero-order valence-electron chi connectivity index (χ0n) is 12.3. The van der Waals surface area contributed by atoms with Gasteiger partial charge in [0.05, 0.1) is 0 Å². The number of carbonyl (C=O) groups is 3. The largest absolute Gasteiger partial charge is 0.443 e. The van der Waals surface area contributed by atoms with Crippen molar-refractivity contribution in [3.05, 3.63) is 35.9 Å². The van der Waals surface area contributed by atoms with Crippen LogP contribution in [0, 0.1) is 0 Å². The SMILES string of the molecule is CCC(=O)[C@@](C)(C(C)=O)N(O)C(=O)OCc1ccccc1. The molecule has 114 valence electrons. The third kappa shape index (κ3) is 3.66. The smallest absolute Gasteiger partial charge is 0.435 e. The molecular weight excluding hydrogens is 274 g/mol. The van der Waals surface area contributed by atoms with Crippen LogP contribution in [0.15, 0.2) is 30.3 Å². The molecule has 1 atom stereocenters. The molecule has 0 saturated carbocycles. The third-order valence-corrected chi connectivity index (χ3v) is 3.35. The van der Waals surface area contributed by atoms with Crippen molar-refractivity contribution >= 4 is 17.7 Å². The fourth-order valence-electron chi connectivity index (χ4n) is 1.77. The Labute approximate surface area is 123 Å². The maximum Gasteiger partial charge on any atom is 0.435 e. The van der Waals surface area contributed by atoms with Crippen LogP contribution in [0.5, 0.6) is 0 Å². The topological polar surface area (TPSA) is 83.9 Å². The fourth-order valence-corrected chi connectivity index (χ4v) is 1.77. The molecule has 6 nitrogen and oxygen atoms in total. The molecule has 1 aromatic rings. The Kier molecular flexibility index (Phi) is 5.60. The van der Waals surface area contributed by atoms with Gasteiger partial charge in [-0.2, -0.15) is 5.06 Å². The molecule has 0 spiro atoms. The van der Waals surface area contributed by atoms with Crippen LogP contribution in [0.4, 0.5) is 4.79 Å². The maximum atomic E-state index is 11.9. The van der Waals surface area contributed by atoms with Crippen LogP contribution in [0.2, 0.25) is 0 Å². The minimum Gasteiger partial charge on any atom is -0.443 e. The predicted octanol–water partition coefficient (Wildman–Crippen LogP) is 2.34. The lowest BCUT2D eigenvalue weighted by molar-refractivity contribution is -0.171. The van der Waals surface area contributed by atoms with Gasteiger partial charge < -0.3 is 4.74 Å². The van der Waals surface area contributed by atoms with Gasteiger partial charge in [-0.05, 0) is 19.4 Å². The number of nitrogens with zero attached hydrogens (tertiary/aromatic N) is 1. The highest BCUT2D eigenvalue weighted by atomic mass is 16.6. The highest BCUT2D eigenvalue weighted by Gasteiger charge is 2.46. The van der Waals surface area contributed by atoms with Crippen molar-refractivity contribution in [2.45, 2.75) is 39.3 Å². The first-order chi connectivity index (χ1) is 9.83. The fraction of sp³-hybridized carbons (Fsp3) is 0.400. The Hall–Kier alpha value is -2.21. The number of amides is 1. The third-order valence-electron chi connectivity index (χ3n) is 3.35. The first-order valence-electron chi connectivity index (χ1n) is 6.58. The van der Waals surface area contributed by atoms with Gasteiger partial charge in [0.1, 0.15) is 6.61 Å². The lowest BCUT2D eigenvalue weighted by atomic mass is 9.90. The van der Waals surface area contributed by atoms with Gasteiger partial charge in [-0.25, -0.2) is 4.79 Å². The summed E-state index contributed by atoms with van der Waals surface area (Å²) in [4.78, 5) is 35.4. The standard InChI is InChI=1S/C15H19NO5/c1-4-13(18)15(3,11(2)17)16(20)14(19)21-10-12-8-6-5-7-9-12/h5-9,20H,4,10H2,1-3H3/t15-/m1/s1. The molecule has 0 aliphatic heterocycles. The van der Waals surface area contributed by atoms with Gasteiger partial charge in [0.15, 0.2) is 17.1 Å². The first-order valence-corrected chi connectivity index (χ1v) is 6.58. The van der Waals surface area contributed by atoms with Crippen LogP contribution in [-0.2, 0) is 20.9 Å². The van der Waals surface area contributed by atoms with Crippen molar-refractivity contribution in [1.29, 1.82) is 0 Å². The van der Waals surface area contributed by atoms with E-state index in [9.17, 15) is 19.6 Å². The Morgan fingerprint density at radius 2 is 1.81 bits per heavy atom. The molecule has 1 N–H and O–H groups in total. The number of ketones is 2. The average molecular weight is 293 g/mol. The van der Waals surface area contributed by atoms with Gasteiger partial charge in [-0.15, -0.1) is 0 Å². The Balaban J connectivity index is 2.80. The second-order valence-electron chi connectivity index (χ2n) is 4.76. The summed E-state index contributed by atoms with van der Waals surface area (Å²) < 4.78 is 4.91. The van der Waals surface area contributed by atoms with Crippen LogP contribution >= 0.6 is 0 Å². The first kappa shape index (κ1) is 16.8. The summed E-state index contributed by atoms with van der Waals surface area (Å²) in [6.45, 7) is 3.82. The number of carbonyl (C=O) groups excluding carboxylic acids is 3. The van der Waals surface area contributed by atoms with Crippen LogP contribution < -0.4 is 0 Å². The summed E-state index contributed by atoms with van der Waals surface area (Å²) in [5, 5.41) is 9.98. The molecule has 0 radical (unpaired) electrons. The molecular formula is C15H19NO5. The van der Waals surface area contributed by atoms with E-state index >= 15 is 0 Å². The van der Waals surface area contributed by atoms with Crippen LogP contribution in [0.3, 0.4) is 0 Å². The molecule has 0 aliphatic rings. The van der Waals surface area contributed by atoms with Crippen molar-refractivity contribution in [1.82, 2.24) is 5.06 Å². The second-order valence-corrected chi connectivity index (χ2v) is 4.76. The zero-order valence-corrected chi connectivity index (χ0v) is 12.3. The van der Waals surface area contributed by atoms with E-state index in [0.29, 0.717) is 0 Å². The number of ether oxygens (including phenoxy) is 1. The van der Waals surface area contributed by atoms with E-state index in [-0.39, 0.29) is 18.1 Å². The van der Waals surface area contributed by atoms with E-state index < -0.39 is 23.2 Å². The minimum atomic E-state index is -1.93. The van der Waals surface area contributed by atoms with Crippen molar-refractivity contribution in [2.75, 3.05) is 0 Å². The molecule has 1 amide bonds.